The fourth-order valence-corrected chi connectivity index (χ4v) is 9.30. The minimum absolute atomic E-state index is 0.00745. The first-order valence-corrected chi connectivity index (χ1v) is 18.1. The summed E-state index contributed by atoms with van der Waals surface area (Å²) in [5, 5.41) is 21.0. The van der Waals surface area contributed by atoms with Crippen LogP contribution < -0.4 is 10.2 Å². The van der Waals surface area contributed by atoms with Crippen LogP contribution in [0.5, 0.6) is 11.5 Å². The number of rotatable bonds is 11. The van der Waals surface area contributed by atoms with Crippen molar-refractivity contribution in [2.75, 3.05) is 19.1 Å². The van der Waals surface area contributed by atoms with Crippen LogP contribution in [0.15, 0.2) is 72.3 Å². The van der Waals surface area contributed by atoms with Crippen LogP contribution >= 0.6 is 23.2 Å². The number of carbonyl (C=O) groups is 5. The van der Waals surface area contributed by atoms with E-state index in [0.717, 1.165) is 5.01 Å². The molecule has 0 spiro atoms. The number of imide groups is 2. The number of carboxylic acids is 1. The molecule has 276 valence electrons. The van der Waals surface area contributed by atoms with Crippen molar-refractivity contribution in [1.29, 1.82) is 0 Å². The average Bonchev–Trinajstić information content (AvgIpc) is 3.50. The first-order chi connectivity index (χ1) is 25.4. The van der Waals surface area contributed by atoms with Gasteiger partial charge in [-0.3, -0.25) is 34.3 Å². The Morgan fingerprint density at radius 2 is 1.68 bits per heavy atom. The van der Waals surface area contributed by atoms with Gasteiger partial charge in [-0.1, -0.05) is 53.4 Å². The standard InChI is InChI=1S/C39H36Cl2FN3O8/c1-53-30-18-20(17-29(41)34(30)48)33-25-14-15-26-32(37(51)44(35(26)49)16-4-2-3-5-31(46)47)27(25)19-28-36(50)45(43-24-12-10-23(42)11-13-24)38(52)39(28,33)21-6-8-22(40)9-7-21/h6-14,17-18,26-28,32-33,43,48H,2-5,15-16,19H2,1H3,(H,46,47). The Morgan fingerprint density at radius 3 is 2.36 bits per heavy atom. The smallest absolute Gasteiger partial charge is 0.303 e. The lowest BCUT2D eigenvalue weighted by Gasteiger charge is -2.50. The van der Waals surface area contributed by atoms with Crippen molar-refractivity contribution in [2.24, 2.45) is 23.7 Å². The van der Waals surface area contributed by atoms with Crippen LogP contribution in [0.4, 0.5) is 10.1 Å². The third-order valence-corrected chi connectivity index (χ3v) is 11.8. The number of fused-ring (bicyclic) bond motifs is 4. The van der Waals surface area contributed by atoms with E-state index in [0.29, 0.717) is 41.0 Å². The Hall–Kier alpha value is -4.94. The Labute approximate surface area is 314 Å². The van der Waals surface area contributed by atoms with Crippen LogP contribution in [0.1, 0.15) is 55.6 Å². The van der Waals surface area contributed by atoms with E-state index in [1.165, 1.54) is 42.3 Å². The number of aromatic hydroxyl groups is 1. The molecule has 3 N–H and O–H groups in total. The molecule has 0 bridgehead atoms. The maximum Gasteiger partial charge on any atom is 0.303 e. The zero-order valence-corrected chi connectivity index (χ0v) is 30.1. The van der Waals surface area contributed by atoms with Crippen LogP contribution in [0, 0.1) is 29.5 Å². The van der Waals surface area contributed by atoms with E-state index < -0.39 is 58.6 Å². The van der Waals surface area contributed by atoms with E-state index in [-0.39, 0.29) is 59.8 Å². The normalized spacial score (nSPS) is 26.3. The molecular formula is C39H36Cl2FN3O8. The second-order valence-electron chi connectivity index (χ2n) is 14.0. The molecule has 3 aromatic rings. The number of benzene rings is 3. The molecule has 0 radical (unpaired) electrons. The van der Waals surface area contributed by atoms with E-state index in [1.807, 2.05) is 6.08 Å². The monoisotopic (exact) mass is 763 g/mol. The van der Waals surface area contributed by atoms with Crippen molar-refractivity contribution in [3.8, 4) is 11.5 Å². The van der Waals surface area contributed by atoms with Crippen molar-refractivity contribution >= 4 is 58.5 Å². The van der Waals surface area contributed by atoms with Gasteiger partial charge in [-0.15, -0.1) is 0 Å². The second kappa shape index (κ2) is 14.1. The van der Waals surface area contributed by atoms with Crippen LogP contribution in [-0.4, -0.2) is 63.4 Å². The summed E-state index contributed by atoms with van der Waals surface area (Å²) in [5.41, 5.74) is 3.14. The number of carbonyl (C=O) groups excluding carboxylic acids is 4. The van der Waals surface area contributed by atoms with E-state index in [2.05, 4.69) is 5.43 Å². The number of methoxy groups -OCH3 is 1. The van der Waals surface area contributed by atoms with Crippen molar-refractivity contribution in [2.45, 2.75) is 49.9 Å². The number of hydrogen-bond donors (Lipinski definition) is 3. The minimum Gasteiger partial charge on any atom is -0.503 e. The van der Waals surface area contributed by atoms with Crippen LogP contribution in [0.25, 0.3) is 0 Å². The molecule has 7 rings (SSSR count). The number of anilines is 1. The molecule has 2 saturated heterocycles. The number of allylic oxidation sites excluding steroid dienone is 2. The summed E-state index contributed by atoms with van der Waals surface area (Å²) in [4.78, 5) is 70.3. The van der Waals surface area contributed by atoms with Gasteiger partial charge in [-0.25, -0.2) is 4.39 Å². The number of aliphatic carboxylic acids is 1. The predicted octanol–water partition coefficient (Wildman–Crippen LogP) is 6.48. The van der Waals surface area contributed by atoms with Crippen LogP contribution in [0.2, 0.25) is 10.0 Å². The van der Waals surface area contributed by atoms with Gasteiger partial charge < -0.3 is 14.9 Å². The molecule has 6 unspecified atom stereocenters. The topological polar surface area (TPSA) is 154 Å². The highest BCUT2D eigenvalue weighted by Crippen LogP contribution is 2.64. The number of unbranched alkanes of at least 4 members (excludes halogenated alkanes) is 2. The maximum absolute atomic E-state index is 15.2. The quantitative estimate of drug-likeness (QED) is 0.113. The van der Waals surface area contributed by atoms with Crippen molar-refractivity contribution < 1.29 is 43.3 Å². The molecule has 53 heavy (non-hydrogen) atoms. The largest absolute Gasteiger partial charge is 0.503 e. The summed E-state index contributed by atoms with van der Waals surface area (Å²) in [6, 6.07) is 14.9. The molecule has 2 aliphatic heterocycles. The third-order valence-electron chi connectivity index (χ3n) is 11.2. The van der Waals surface area contributed by atoms with Gasteiger partial charge in [0.05, 0.1) is 41.0 Å². The highest BCUT2D eigenvalue weighted by atomic mass is 35.5. The van der Waals surface area contributed by atoms with Gasteiger partial charge in [-0.2, -0.15) is 5.01 Å². The van der Waals surface area contributed by atoms with Gasteiger partial charge in [0.1, 0.15) is 5.82 Å². The number of hydrazine groups is 1. The molecule has 14 heteroatoms. The number of halogens is 3. The number of nitrogens with one attached hydrogen (secondary N) is 1. The molecular weight excluding hydrogens is 728 g/mol. The number of amides is 4. The lowest BCUT2D eigenvalue weighted by Crippen LogP contribution is -2.53. The molecule has 11 nitrogen and oxygen atoms in total. The van der Waals surface area contributed by atoms with Gasteiger partial charge >= 0.3 is 5.97 Å². The Balaban J connectivity index is 1.37. The maximum atomic E-state index is 15.2. The molecule has 1 saturated carbocycles. The first-order valence-electron chi connectivity index (χ1n) is 17.4. The molecule has 0 aromatic heterocycles. The van der Waals surface area contributed by atoms with E-state index in [9.17, 15) is 28.7 Å². The number of phenols is 1. The number of nitrogens with zero attached hydrogens (tertiary/aromatic N) is 2. The Bertz CT molecular complexity index is 2040. The average molecular weight is 765 g/mol. The molecule has 2 heterocycles. The van der Waals surface area contributed by atoms with Crippen molar-refractivity contribution in [3.05, 3.63) is 99.3 Å². The van der Waals surface area contributed by atoms with Gasteiger partial charge in [0.2, 0.25) is 11.8 Å². The molecule has 4 aliphatic rings. The fourth-order valence-electron chi connectivity index (χ4n) is 8.95. The second-order valence-corrected chi connectivity index (χ2v) is 14.8. The number of likely N-dealkylation sites (tertiary alicyclic amines) is 1. The number of phenolic OH excluding ortho intramolecular Hbond substituents is 1. The molecule has 3 aromatic carbocycles. The first kappa shape index (κ1) is 36.4. The van der Waals surface area contributed by atoms with Gasteiger partial charge in [0.15, 0.2) is 11.5 Å². The Kier molecular flexibility index (Phi) is 9.71. The summed E-state index contributed by atoms with van der Waals surface area (Å²) in [6.07, 6.45) is 3.53. The lowest BCUT2D eigenvalue weighted by molar-refractivity contribution is -0.141. The van der Waals surface area contributed by atoms with Gasteiger partial charge in [0, 0.05) is 23.9 Å². The van der Waals surface area contributed by atoms with Crippen molar-refractivity contribution in [1.82, 2.24) is 9.91 Å². The lowest BCUT2D eigenvalue weighted by atomic mass is 9.49. The highest BCUT2D eigenvalue weighted by molar-refractivity contribution is 6.32. The van der Waals surface area contributed by atoms with Crippen molar-refractivity contribution in [3.63, 3.8) is 0 Å². The van der Waals surface area contributed by atoms with E-state index >= 15 is 4.79 Å². The number of hydrogen-bond acceptors (Lipinski definition) is 8. The summed E-state index contributed by atoms with van der Waals surface area (Å²) < 4.78 is 19.3. The van der Waals surface area contributed by atoms with Gasteiger partial charge in [-0.05, 0) is 91.3 Å². The number of ether oxygens (including phenoxy) is 1. The summed E-state index contributed by atoms with van der Waals surface area (Å²) >= 11 is 12.9. The fraction of sp³-hybridized carbons (Fsp3) is 0.359. The van der Waals surface area contributed by atoms with E-state index in [1.54, 1.807) is 30.3 Å². The Morgan fingerprint density at radius 1 is 0.962 bits per heavy atom. The zero-order chi connectivity index (χ0) is 37.8. The van der Waals surface area contributed by atoms with Gasteiger partial charge in [0.25, 0.3) is 11.8 Å². The summed E-state index contributed by atoms with van der Waals surface area (Å²) in [6.45, 7) is 0.144. The molecule has 3 fully saturated rings. The SMILES string of the molecule is COc1cc(C2C3=CCC4C(=O)N(CCCCCC(=O)O)C(=O)C4C3CC3C(=O)N(Nc4ccc(F)cc4)C(=O)C32c2ccc(Cl)cc2)cc(Cl)c1O. The summed E-state index contributed by atoms with van der Waals surface area (Å²) in [7, 11) is 1.36. The molecule has 2 aliphatic carbocycles. The molecule has 4 amide bonds. The molecule has 6 atom stereocenters. The predicted molar refractivity (Wildman–Crippen MR) is 192 cm³/mol. The minimum atomic E-state index is -1.63. The third kappa shape index (κ3) is 6.01. The van der Waals surface area contributed by atoms with Crippen LogP contribution in [0.3, 0.4) is 0 Å². The van der Waals surface area contributed by atoms with Crippen LogP contribution in [-0.2, 0) is 29.4 Å². The highest BCUT2D eigenvalue weighted by Gasteiger charge is 2.70. The number of carboxylic acid groups (broad SMARTS) is 1. The van der Waals surface area contributed by atoms with E-state index in [4.69, 9.17) is 33.0 Å². The zero-order valence-electron chi connectivity index (χ0n) is 28.6. The summed E-state index contributed by atoms with van der Waals surface area (Å²) in [5.74, 6) is -7.72.